The molecule has 0 aromatic carbocycles. The third-order valence-electron chi connectivity index (χ3n) is 10.8. The molecule has 1 rings (SSSR count). The van der Waals surface area contributed by atoms with Crippen LogP contribution in [-0.4, -0.2) is 98.6 Å². The van der Waals surface area contributed by atoms with Crippen molar-refractivity contribution in [1.82, 2.24) is 19.6 Å². The molecule has 1 aliphatic heterocycles. The molecule has 4 nitrogen and oxygen atoms in total. The van der Waals surface area contributed by atoms with Crippen molar-refractivity contribution in [1.29, 1.82) is 0 Å². The second-order valence-corrected chi connectivity index (χ2v) is 15.3. The van der Waals surface area contributed by atoms with Crippen molar-refractivity contribution in [3.63, 3.8) is 0 Å². The summed E-state index contributed by atoms with van der Waals surface area (Å²) in [4.78, 5) is 10.9. The van der Waals surface area contributed by atoms with Crippen LogP contribution in [0.2, 0.25) is 0 Å². The first-order chi connectivity index (χ1) is 22.7. The molecule has 0 bridgehead atoms. The molecular formula is C42H88N4. The first-order valence-electron chi connectivity index (χ1n) is 21.5. The highest BCUT2D eigenvalue weighted by Crippen LogP contribution is 2.13. The SMILES string of the molecule is CCCCCCCCCCN(CCCCCCCCCC)CCN(CCCCCCCCCC)CCCCCN1CCN(C)CC1. The van der Waals surface area contributed by atoms with Crippen LogP contribution in [0.5, 0.6) is 0 Å². The van der Waals surface area contributed by atoms with Crippen LogP contribution in [0.4, 0.5) is 0 Å². The lowest BCUT2D eigenvalue weighted by molar-refractivity contribution is 0.150. The standard InChI is InChI=1S/C42H88N4/c1-5-8-11-14-17-20-23-27-32-44(33-28-24-21-18-15-12-9-6-2)41-42-45(34-29-25-22-19-16-13-10-7-3)35-30-26-31-36-46-39-37-43(4)38-40-46/h5-42H2,1-4H3. The molecule has 1 aliphatic rings. The summed E-state index contributed by atoms with van der Waals surface area (Å²) in [6, 6.07) is 0. The van der Waals surface area contributed by atoms with Gasteiger partial charge in [0, 0.05) is 39.3 Å². The summed E-state index contributed by atoms with van der Waals surface area (Å²) < 4.78 is 0. The van der Waals surface area contributed by atoms with Crippen LogP contribution in [0.15, 0.2) is 0 Å². The fraction of sp³-hybridized carbons (Fsp3) is 1.00. The van der Waals surface area contributed by atoms with E-state index >= 15 is 0 Å². The molecule has 0 radical (unpaired) electrons. The van der Waals surface area contributed by atoms with Gasteiger partial charge in [-0.05, 0) is 71.9 Å². The Hall–Kier alpha value is -0.160. The van der Waals surface area contributed by atoms with Gasteiger partial charge in [0.15, 0.2) is 0 Å². The van der Waals surface area contributed by atoms with Crippen LogP contribution in [0, 0.1) is 0 Å². The van der Waals surface area contributed by atoms with Crippen molar-refractivity contribution in [3.8, 4) is 0 Å². The molecule has 4 heteroatoms. The van der Waals surface area contributed by atoms with Crippen LogP contribution in [0.25, 0.3) is 0 Å². The Morgan fingerprint density at radius 1 is 0.326 bits per heavy atom. The molecule has 0 saturated carbocycles. The Morgan fingerprint density at radius 3 is 0.935 bits per heavy atom. The number of unbranched alkanes of at least 4 members (excludes halogenated alkanes) is 23. The lowest BCUT2D eigenvalue weighted by Gasteiger charge is -2.32. The normalized spacial score (nSPS) is 14.7. The van der Waals surface area contributed by atoms with Crippen molar-refractivity contribution in [2.24, 2.45) is 0 Å². The van der Waals surface area contributed by atoms with E-state index < -0.39 is 0 Å². The molecule has 0 amide bonds. The maximum atomic E-state index is 2.88. The van der Waals surface area contributed by atoms with Gasteiger partial charge in [-0.2, -0.15) is 0 Å². The van der Waals surface area contributed by atoms with Gasteiger partial charge in [-0.1, -0.05) is 162 Å². The summed E-state index contributed by atoms with van der Waals surface area (Å²) in [6.45, 7) is 21.3. The fourth-order valence-electron chi connectivity index (χ4n) is 7.28. The molecule has 0 aromatic heterocycles. The Kier molecular flexibility index (Phi) is 33.1. The molecule has 1 saturated heterocycles. The number of hydrogen-bond acceptors (Lipinski definition) is 4. The van der Waals surface area contributed by atoms with Crippen LogP contribution in [0.1, 0.15) is 194 Å². The summed E-state index contributed by atoms with van der Waals surface area (Å²) in [5.41, 5.74) is 0. The highest BCUT2D eigenvalue weighted by molar-refractivity contribution is 4.70. The monoisotopic (exact) mass is 649 g/mol. The third-order valence-corrected chi connectivity index (χ3v) is 10.8. The number of hydrogen-bond donors (Lipinski definition) is 0. The summed E-state index contributed by atoms with van der Waals surface area (Å²) in [6.07, 6.45) is 38.5. The van der Waals surface area contributed by atoms with Gasteiger partial charge in [0.05, 0.1) is 0 Å². The summed E-state index contributed by atoms with van der Waals surface area (Å²) in [5.74, 6) is 0. The van der Waals surface area contributed by atoms with Gasteiger partial charge < -0.3 is 19.6 Å². The number of likely N-dealkylation sites (N-methyl/N-ethyl adjacent to an activating group) is 1. The molecule has 0 N–H and O–H groups in total. The molecule has 0 aliphatic carbocycles. The predicted octanol–water partition coefficient (Wildman–Crippen LogP) is 11.4. The average Bonchev–Trinajstić information content (AvgIpc) is 3.06. The van der Waals surface area contributed by atoms with E-state index in [1.807, 2.05) is 0 Å². The lowest BCUT2D eigenvalue weighted by Crippen LogP contribution is -2.44. The second kappa shape index (κ2) is 34.7. The maximum absolute atomic E-state index is 2.88. The van der Waals surface area contributed by atoms with Crippen molar-refractivity contribution >= 4 is 0 Å². The zero-order valence-electron chi connectivity index (χ0n) is 32.7. The van der Waals surface area contributed by atoms with Crippen molar-refractivity contribution in [2.45, 2.75) is 194 Å². The van der Waals surface area contributed by atoms with E-state index in [0.717, 1.165) is 0 Å². The molecule has 1 heterocycles. The molecule has 0 unspecified atom stereocenters. The predicted molar refractivity (Wildman–Crippen MR) is 208 cm³/mol. The van der Waals surface area contributed by atoms with Crippen LogP contribution >= 0.6 is 0 Å². The fourth-order valence-corrected chi connectivity index (χ4v) is 7.28. The average molecular weight is 649 g/mol. The number of rotatable bonds is 36. The van der Waals surface area contributed by atoms with Crippen molar-refractivity contribution in [2.75, 3.05) is 79.0 Å². The topological polar surface area (TPSA) is 13.0 Å². The smallest absolute Gasteiger partial charge is 0.0110 e. The summed E-state index contributed by atoms with van der Waals surface area (Å²) in [7, 11) is 2.27. The summed E-state index contributed by atoms with van der Waals surface area (Å²) >= 11 is 0. The molecule has 276 valence electrons. The molecule has 46 heavy (non-hydrogen) atoms. The van der Waals surface area contributed by atoms with Crippen LogP contribution < -0.4 is 0 Å². The highest BCUT2D eigenvalue weighted by Gasteiger charge is 2.13. The first-order valence-corrected chi connectivity index (χ1v) is 21.5. The van der Waals surface area contributed by atoms with E-state index in [2.05, 4.69) is 47.4 Å². The Morgan fingerprint density at radius 2 is 0.609 bits per heavy atom. The minimum atomic E-state index is 1.25. The molecule has 0 aromatic rings. The van der Waals surface area contributed by atoms with Crippen LogP contribution in [0.3, 0.4) is 0 Å². The van der Waals surface area contributed by atoms with Gasteiger partial charge in [-0.15, -0.1) is 0 Å². The van der Waals surface area contributed by atoms with Gasteiger partial charge >= 0.3 is 0 Å². The van der Waals surface area contributed by atoms with E-state index in [-0.39, 0.29) is 0 Å². The molecule has 0 spiro atoms. The van der Waals surface area contributed by atoms with Gasteiger partial charge in [0.2, 0.25) is 0 Å². The zero-order chi connectivity index (χ0) is 33.2. The number of piperazine rings is 1. The van der Waals surface area contributed by atoms with Crippen molar-refractivity contribution < 1.29 is 0 Å². The minimum Gasteiger partial charge on any atom is -0.304 e. The van der Waals surface area contributed by atoms with Gasteiger partial charge in [-0.3, -0.25) is 0 Å². The van der Waals surface area contributed by atoms with Gasteiger partial charge in [0.1, 0.15) is 0 Å². The quantitative estimate of drug-likeness (QED) is 0.0627. The largest absolute Gasteiger partial charge is 0.304 e. The number of nitrogens with zero attached hydrogens (tertiary/aromatic N) is 4. The first kappa shape index (κ1) is 43.9. The van der Waals surface area contributed by atoms with E-state index in [9.17, 15) is 0 Å². The Bertz CT molecular complexity index is 556. The maximum Gasteiger partial charge on any atom is 0.0110 e. The van der Waals surface area contributed by atoms with Crippen LogP contribution in [-0.2, 0) is 0 Å². The van der Waals surface area contributed by atoms with E-state index in [1.165, 1.54) is 245 Å². The molecule has 1 fully saturated rings. The molecule has 0 atom stereocenters. The second-order valence-electron chi connectivity index (χ2n) is 15.3. The third kappa shape index (κ3) is 28.8. The van der Waals surface area contributed by atoms with Crippen molar-refractivity contribution in [3.05, 3.63) is 0 Å². The highest BCUT2D eigenvalue weighted by atomic mass is 15.2. The van der Waals surface area contributed by atoms with Gasteiger partial charge in [-0.25, -0.2) is 0 Å². The van der Waals surface area contributed by atoms with Gasteiger partial charge in [0.25, 0.3) is 0 Å². The van der Waals surface area contributed by atoms with E-state index in [4.69, 9.17) is 0 Å². The molecular weight excluding hydrogens is 560 g/mol. The Labute approximate surface area is 292 Å². The summed E-state index contributed by atoms with van der Waals surface area (Å²) in [5, 5.41) is 0. The zero-order valence-corrected chi connectivity index (χ0v) is 32.7. The Balaban J connectivity index is 2.47. The van der Waals surface area contributed by atoms with E-state index in [0.29, 0.717) is 0 Å². The van der Waals surface area contributed by atoms with E-state index in [1.54, 1.807) is 0 Å². The lowest BCUT2D eigenvalue weighted by atomic mass is 10.1. The minimum absolute atomic E-state index is 1.25.